The summed E-state index contributed by atoms with van der Waals surface area (Å²) in [6, 6.07) is 0. The summed E-state index contributed by atoms with van der Waals surface area (Å²) in [5.41, 5.74) is 0. The molecule has 1 heterocycles. The van der Waals surface area contributed by atoms with Crippen molar-refractivity contribution in [2.75, 3.05) is 19.8 Å². The summed E-state index contributed by atoms with van der Waals surface area (Å²) in [5.74, 6) is 0. The maximum absolute atomic E-state index is 11.6. The molecule has 118 valence electrons. The average molecular weight is 284 g/mol. The third kappa shape index (κ3) is 9.73. The molecule has 0 bridgehead atoms. The molecular weight excluding hydrogens is 252 g/mol. The second kappa shape index (κ2) is 12.6. The predicted molar refractivity (Wildman–Crippen MR) is 81.2 cm³/mol. The number of hydrogen-bond donors (Lipinski definition) is 0. The first-order valence-electron chi connectivity index (χ1n) is 8.47. The van der Waals surface area contributed by atoms with Crippen LogP contribution in [0.2, 0.25) is 0 Å². The second-order valence-corrected chi connectivity index (χ2v) is 5.88. The van der Waals surface area contributed by atoms with Crippen LogP contribution in [0.5, 0.6) is 0 Å². The van der Waals surface area contributed by atoms with Gasteiger partial charge in [0.15, 0.2) is 0 Å². The van der Waals surface area contributed by atoms with Crippen molar-refractivity contribution in [2.24, 2.45) is 0 Å². The topological polar surface area (TPSA) is 38.4 Å². The minimum atomic E-state index is -0.517. The fourth-order valence-corrected chi connectivity index (χ4v) is 2.63. The zero-order chi connectivity index (χ0) is 14.5. The normalized spacial score (nSPS) is 27.9. The quantitative estimate of drug-likeness (QED) is 0.721. The van der Waals surface area contributed by atoms with Crippen LogP contribution in [0, 0.1) is 6.92 Å². The van der Waals surface area contributed by atoms with E-state index < -0.39 is 6.10 Å². The van der Waals surface area contributed by atoms with Crippen molar-refractivity contribution in [2.45, 2.75) is 82.8 Å². The molecule has 1 fully saturated rings. The van der Waals surface area contributed by atoms with Crippen LogP contribution in [0.4, 0.5) is 0 Å². The first-order chi connectivity index (χ1) is 9.83. The zero-order valence-electron chi connectivity index (χ0n) is 13.0. The van der Waals surface area contributed by atoms with E-state index in [4.69, 9.17) is 9.47 Å². The van der Waals surface area contributed by atoms with Gasteiger partial charge in [0.25, 0.3) is 0 Å². The van der Waals surface area contributed by atoms with Crippen molar-refractivity contribution >= 4 is 0 Å². The molecule has 0 saturated carbocycles. The lowest BCUT2D eigenvalue weighted by atomic mass is 10.0. The average Bonchev–Trinajstić information content (AvgIpc) is 2.45. The molecule has 0 aromatic heterocycles. The van der Waals surface area contributed by atoms with Gasteiger partial charge in [-0.25, -0.2) is 5.11 Å². The van der Waals surface area contributed by atoms with Gasteiger partial charge in [0.05, 0.1) is 12.7 Å². The smallest absolute Gasteiger partial charge is 0.116 e. The Morgan fingerprint density at radius 2 is 1.70 bits per heavy atom. The highest BCUT2D eigenvalue weighted by molar-refractivity contribution is 4.62. The standard InChI is InChI=1S/C17H32O3/c1-2-3-14-20-17-11-7-5-4-6-10-16(18)15-19-13-9-8-12-17/h16-17H,1-15H2. The lowest BCUT2D eigenvalue weighted by Crippen LogP contribution is -2.16. The number of unbranched alkanes of at least 4 members (excludes halogenated alkanes) is 1. The van der Waals surface area contributed by atoms with Gasteiger partial charge in [-0.3, -0.25) is 0 Å². The van der Waals surface area contributed by atoms with E-state index in [1.165, 1.54) is 25.7 Å². The molecule has 0 spiro atoms. The summed E-state index contributed by atoms with van der Waals surface area (Å²) in [6.07, 6.45) is 11.8. The Bertz CT molecular complexity index is 192. The third-order valence-electron chi connectivity index (χ3n) is 3.92. The summed E-state index contributed by atoms with van der Waals surface area (Å²) in [7, 11) is 0. The van der Waals surface area contributed by atoms with Crippen LogP contribution in [0.3, 0.4) is 0 Å². The van der Waals surface area contributed by atoms with Gasteiger partial charge in [0.1, 0.15) is 6.10 Å². The highest BCUT2D eigenvalue weighted by Gasteiger charge is 2.11. The first-order valence-corrected chi connectivity index (χ1v) is 8.47. The Kier molecular flexibility index (Phi) is 11.3. The van der Waals surface area contributed by atoms with E-state index in [0.29, 0.717) is 12.7 Å². The Hall–Kier alpha value is -0.120. The monoisotopic (exact) mass is 284 g/mol. The summed E-state index contributed by atoms with van der Waals surface area (Å²) >= 11 is 0. The van der Waals surface area contributed by atoms with E-state index >= 15 is 0 Å². The molecule has 1 aliphatic heterocycles. The van der Waals surface area contributed by atoms with Crippen molar-refractivity contribution in [3.63, 3.8) is 0 Å². The van der Waals surface area contributed by atoms with E-state index in [1.807, 2.05) is 0 Å². The molecule has 3 heteroatoms. The molecule has 1 rings (SSSR count). The van der Waals surface area contributed by atoms with Crippen molar-refractivity contribution in [3.05, 3.63) is 6.92 Å². The molecule has 20 heavy (non-hydrogen) atoms. The minimum absolute atomic E-state index is 0.392. The zero-order valence-corrected chi connectivity index (χ0v) is 13.0. The number of hydrogen-bond acceptors (Lipinski definition) is 2. The lowest BCUT2D eigenvalue weighted by Gasteiger charge is -2.18. The molecule has 2 radical (unpaired) electrons. The van der Waals surface area contributed by atoms with Crippen LogP contribution >= 0.6 is 0 Å². The van der Waals surface area contributed by atoms with Crippen molar-refractivity contribution < 1.29 is 14.6 Å². The Labute approximate surface area is 125 Å². The molecule has 1 aliphatic rings. The molecule has 0 N–H and O–H groups in total. The maximum atomic E-state index is 11.6. The molecule has 2 unspecified atom stereocenters. The summed E-state index contributed by atoms with van der Waals surface area (Å²) < 4.78 is 11.4. The Morgan fingerprint density at radius 3 is 2.45 bits per heavy atom. The predicted octanol–water partition coefficient (Wildman–Crippen LogP) is 4.33. The third-order valence-corrected chi connectivity index (χ3v) is 3.92. The van der Waals surface area contributed by atoms with Crippen molar-refractivity contribution in [1.82, 2.24) is 0 Å². The first kappa shape index (κ1) is 17.9. The van der Waals surface area contributed by atoms with Gasteiger partial charge in [0.2, 0.25) is 0 Å². The number of ether oxygens (including phenoxy) is 2. The molecule has 1 saturated heterocycles. The summed E-state index contributed by atoms with van der Waals surface area (Å²) in [5, 5.41) is 11.6. The van der Waals surface area contributed by atoms with Gasteiger partial charge in [-0.2, -0.15) is 0 Å². The minimum Gasteiger partial charge on any atom is -0.379 e. The number of rotatable bonds is 4. The largest absolute Gasteiger partial charge is 0.379 e. The van der Waals surface area contributed by atoms with E-state index in [0.717, 1.165) is 58.2 Å². The molecule has 0 aromatic rings. The molecule has 2 atom stereocenters. The summed E-state index contributed by atoms with van der Waals surface area (Å²) in [6.45, 7) is 5.82. The van der Waals surface area contributed by atoms with Crippen LogP contribution in [-0.4, -0.2) is 32.0 Å². The fourth-order valence-electron chi connectivity index (χ4n) is 2.63. The lowest BCUT2D eigenvalue weighted by molar-refractivity contribution is -0.0118. The van der Waals surface area contributed by atoms with Crippen LogP contribution in [0.15, 0.2) is 0 Å². The maximum Gasteiger partial charge on any atom is 0.116 e. The second-order valence-electron chi connectivity index (χ2n) is 5.88. The van der Waals surface area contributed by atoms with Gasteiger partial charge in [-0.05, 0) is 38.5 Å². The van der Waals surface area contributed by atoms with Gasteiger partial charge < -0.3 is 9.47 Å². The fraction of sp³-hybridized carbons (Fsp3) is 0.941. The molecule has 3 nitrogen and oxygen atoms in total. The van der Waals surface area contributed by atoms with Gasteiger partial charge in [-0.1, -0.05) is 39.0 Å². The van der Waals surface area contributed by atoms with E-state index in [9.17, 15) is 5.11 Å². The molecule has 0 aromatic carbocycles. The van der Waals surface area contributed by atoms with Gasteiger partial charge in [-0.15, -0.1) is 0 Å². The van der Waals surface area contributed by atoms with Crippen molar-refractivity contribution in [3.8, 4) is 0 Å². The van der Waals surface area contributed by atoms with E-state index in [-0.39, 0.29) is 0 Å². The SMILES string of the molecule is [CH2]CCCOC1CCCCCCC([O])COCCCC1. The van der Waals surface area contributed by atoms with Crippen molar-refractivity contribution in [1.29, 1.82) is 0 Å². The van der Waals surface area contributed by atoms with E-state index in [1.54, 1.807) is 0 Å². The molecule has 0 aliphatic carbocycles. The van der Waals surface area contributed by atoms with Gasteiger partial charge in [0, 0.05) is 13.2 Å². The van der Waals surface area contributed by atoms with Crippen LogP contribution in [-0.2, 0) is 14.6 Å². The Morgan fingerprint density at radius 1 is 1.00 bits per heavy atom. The van der Waals surface area contributed by atoms with Crippen LogP contribution in [0.25, 0.3) is 0 Å². The van der Waals surface area contributed by atoms with E-state index in [2.05, 4.69) is 6.92 Å². The highest BCUT2D eigenvalue weighted by atomic mass is 16.5. The highest BCUT2D eigenvalue weighted by Crippen LogP contribution is 2.16. The summed E-state index contributed by atoms with van der Waals surface area (Å²) in [4.78, 5) is 0. The Balaban J connectivity index is 2.24. The molecular formula is C17H32O3. The van der Waals surface area contributed by atoms with Crippen LogP contribution in [0.1, 0.15) is 70.6 Å². The van der Waals surface area contributed by atoms with Gasteiger partial charge >= 0.3 is 0 Å². The molecule has 0 amide bonds. The van der Waals surface area contributed by atoms with Crippen LogP contribution < -0.4 is 0 Å².